The first kappa shape index (κ1) is 22.4. The largest absolute Gasteiger partial charge is 0.497 e. The number of ether oxygens (including phenoxy) is 2. The van der Waals surface area contributed by atoms with Crippen LogP contribution in [-0.4, -0.2) is 59.7 Å². The number of nitrogens with zero attached hydrogens (tertiary/aromatic N) is 2. The molecular formula is C27H30N2O5. The van der Waals surface area contributed by atoms with E-state index in [0.717, 1.165) is 5.56 Å². The van der Waals surface area contributed by atoms with Crippen LogP contribution in [0.25, 0.3) is 0 Å². The van der Waals surface area contributed by atoms with Gasteiger partial charge in [-0.25, -0.2) is 0 Å². The molecule has 0 radical (unpaired) electrons. The first-order chi connectivity index (χ1) is 16.4. The third kappa shape index (κ3) is 4.04. The number of hydrogen-bond acceptors (Lipinski definition) is 5. The van der Waals surface area contributed by atoms with Crippen molar-refractivity contribution in [1.29, 1.82) is 0 Å². The summed E-state index contributed by atoms with van der Waals surface area (Å²) in [7, 11) is 1.57. The van der Waals surface area contributed by atoms with Gasteiger partial charge in [-0.1, -0.05) is 30.3 Å². The highest BCUT2D eigenvalue weighted by molar-refractivity contribution is 6.00. The summed E-state index contributed by atoms with van der Waals surface area (Å²) in [5.74, 6) is 0.994. The minimum Gasteiger partial charge on any atom is -0.497 e. The first-order valence-corrected chi connectivity index (χ1v) is 11.9. The zero-order chi connectivity index (χ0) is 23.9. The summed E-state index contributed by atoms with van der Waals surface area (Å²) < 4.78 is 11.6. The number of hydrogen-bond donors (Lipinski definition) is 0. The van der Waals surface area contributed by atoms with E-state index in [2.05, 4.69) is 0 Å². The third-order valence-corrected chi connectivity index (χ3v) is 7.54. The quantitative estimate of drug-likeness (QED) is 0.694. The second kappa shape index (κ2) is 8.78. The highest BCUT2D eigenvalue weighted by atomic mass is 16.5. The van der Waals surface area contributed by atoms with Gasteiger partial charge in [0.05, 0.1) is 31.1 Å². The summed E-state index contributed by atoms with van der Waals surface area (Å²) in [6, 6.07) is 15.2. The average Bonchev–Trinajstić information content (AvgIpc) is 3.25. The molecule has 7 nitrogen and oxygen atoms in total. The van der Waals surface area contributed by atoms with Crippen LogP contribution in [-0.2, 0) is 9.59 Å². The Balaban J connectivity index is 1.22. The molecule has 3 aliphatic heterocycles. The zero-order valence-corrected chi connectivity index (χ0v) is 19.7. The van der Waals surface area contributed by atoms with Crippen molar-refractivity contribution in [3.8, 4) is 11.5 Å². The molecule has 34 heavy (non-hydrogen) atoms. The van der Waals surface area contributed by atoms with Crippen molar-refractivity contribution in [2.45, 2.75) is 44.2 Å². The standard InChI is InChI=1S/C27H30N2O5/c1-18(19-6-4-3-5-7-19)29-17-20(14-25(29)31)26(32)28-12-10-27(11-13-28)16-23(30)22-15-21(33-2)8-9-24(22)34-27/h3-9,15,18,20H,10-14,16-17H2,1-2H3. The monoisotopic (exact) mass is 462 g/mol. The molecule has 0 N–H and O–H groups in total. The molecule has 0 bridgehead atoms. The van der Waals surface area contributed by atoms with Crippen molar-refractivity contribution >= 4 is 17.6 Å². The second-order valence-corrected chi connectivity index (χ2v) is 9.61. The normalized spacial score (nSPS) is 22.4. The van der Waals surface area contributed by atoms with E-state index in [1.807, 2.05) is 47.1 Å². The predicted molar refractivity (Wildman–Crippen MR) is 126 cm³/mol. The lowest BCUT2D eigenvalue weighted by molar-refractivity contribution is -0.139. The van der Waals surface area contributed by atoms with Crippen LogP contribution in [0.2, 0.25) is 0 Å². The van der Waals surface area contributed by atoms with Crippen LogP contribution >= 0.6 is 0 Å². The molecule has 3 heterocycles. The number of piperidine rings is 1. The van der Waals surface area contributed by atoms with Gasteiger partial charge in [0.15, 0.2) is 5.78 Å². The zero-order valence-electron chi connectivity index (χ0n) is 19.7. The van der Waals surface area contributed by atoms with Gasteiger partial charge in [0.25, 0.3) is 0 Å². The SMILES string of the molecule is COc1ccc2c(c1)C(=O)CC1(CCN(C(=O)C3CC(=O)N(C(C)c4ccccc4)C3)CC1)O2. The van der Waals surface area contributed by atoms with Crippen molar-refractivity contribution in [2.75, 3.05) is 26.7 Å². The Hall–Kier alpha value is -3.35. The fourth-order valence-corrected chi connectivity index (χ4v) is 5.45. The lowest BCUT2D eigenvalue weighted by Crippen LogP contribution is -2.53. The van der Waals surface area contributed by atoms with Crippen molar-refractivity contribution in [3.05, 3.63) is 59.7 Å². The number of amides is 2. The number of methoxy groups -OCH3 is 1. The summed E-state index contributed by atoms with van der Waals surface area (Å²) >= 11 is 0. The molecule has 2 unspecified atom stereocenters. The van der Waals surface area contributed by atoms with Crippen LogP contribution in [0.5, 0.6) is 11.5 Å². The number of benzene rings is 2. The number of carbonyl (C=O) groups is 3. The number of ketones is 1. The Labute approximate surface area is 199 Å². The summed E-state index contributed by atoms with van der Waals surface area (Å²) in [5.41, 5.74) is 1.05. The Morgan fingerprint density at radius 3 is 2.56 bits per heavy atom. The lowest BCUT2D eigenvalue weighted by Gasteiger charge is -2.44. The van der Waals surface area contributed by atoms with Gasteiger partial charge in [0.2, 0.25) is 11.8 Å². The highest BCUT2D eigenvalue weighted by Crippen LogP contribution is 2.41. The van der Waals surface area contributed by atoms with E-state index < -0.39 is 5.60 Å². The molecule has 2 aromatic rings. The van der Waals surface area contributed by atoms with Crippen LogP contribution in [0, 0.1) is 5.92 Å². The summed E-state index contributed by atoms with van der Waals surface area (Å²) in [5, 5.41) is 0. The van der Waals surface area contributed by atoms with E-state index in [-0.39, 0.29) is 36.0 Å². The molecule has 2 atom stereocenters. The van der Waals surface area contributed by atoms with Gasteiger partial charge in [0, 0.05) is 38.9 Å². The van der Waals surface area contributed by atoms with Gasteiger partial charge in [-0.2, -0.15) is 0 Å². The molecule has 178 valence electrons. The maximum absolute atomic E-state index is 13.3. The molecule has 0 saturated carbocycles. The molecule has 5 rings (SSSR count). The molecule has 3 aliphatic rings. The van der Waals surface area contributed by atoms with Crippen LogP contribution < -0.4 is 9.47 Å². The molecule has 2 amide bonds. The summed E-state index contributed by atoms with van der Waals surface area (Å²) in [6.07, 6.45) is 1.75. The number of likely N-dealkylation sites (tertiary alicyclic amines) is 2. The summed E-state index contributed by atoms with van der Waals surface area (Å²) in [6.45, 7) is 3.50. The number of fused-ring (bicyclic) bond motifs is 1. The fourth-order valence-electron chi connectivity index (χ4n) is 5.45. The molecule has 1 spiro atoms. The van der Waals surface area contributed by atoms with Crippen molar-refractivity contribution in [2.24, 2.45) is 5.92 Å². The van der Waals surface area contributed by atoms with E-state index in [9.17, 15) is 14.4 Å². The minimum absolute atomic E-state index is 0.0245. The average molecular weight is 463 g/mol. The lowest BCUT2D eigenvalue weighted by atomic mass is 9.82. The van der Waals surface area contributed by atoms with Crippen molar-refractivity contribution in [1.82, 2.24) is 9.80 Å². The van der Waals surface area contributed by atoms with Crippen LogP contribution in [0.3, 0.4) is 0 Å². The van der Waals surface area contributed by atoms with Gasteiger partial charge >= 0.3 is 0 Å². The Morgan fingerprint density at radius 1 is 1.12 bits per heavy atom. The second-order valence-electron chi connectivity index (χ2n) is 9.61. The van der Waals surface area contributed by atoms with E-state index in [4.69, 9.17) is 9.47 Å². The van der Waals surface area contributed by atoms with Crippen LogP contribution in [0.15, 0.2) is 48.5 Å². The third-order valence-electron chi connectivity index (χ3n) is 7.54. The van der Waals surface area contributed by atoms with Crippen LogP contribution in [0.4, 0.5) is 0 Å². The van der Waals surface area contributed by atoms with Gasteiger partial charge in [-0.05, 0) is 30.7 Å². The maximum Gasteiger partial charge on any atom is 0.227 e. The minimum atomic E-state index is -0.575. The first-order valence-electron chi connectivity index (χ1n) is 11.9. The number of carbonyl (C=O) groups excluding carboxylic acids is 3. The van der Waals surface area contributed by atoms with E-state index in [1.165, 1.54) is 0 Å². The predicted octanol–water partition coefficient (Wildman–Crippen LogP) is 3.63. The molecule has 7 heteroatoms. The Kier molecular flexibility index (Phi) is 5.80. The maximum atomic E-state index is 13.3. The number of Topliss-reactive ketones (excluding diaryl/α,β-unsaturated/α-hetero) is 1. The Morgan fingerprint density at radius 2 is 1.85 bits per heavy atom. The highest BCUT2D eigenvalue weighted by Gasteiger charge is 2.46. The molecular weight excluding hydrogens is 432 g/mol. The molecule has 2 saturated heterocycles. The van der Waals surface area contributed by atoms with Gasteiger partial charge in [-0.3, -0.25) is 14.4 Å². The smallest absolute Gasteiger partial charge is 0.227 e. The van der Waals surface area contributed by atoms with Gasteiger partial charge < -0.3 is 19.3 Å². The topological polar surface area (TPSA) is 76.2 Å². The fraction of sp³-hybridized carbons (Fsp3) is 0.444. The van der Waals surface area contributed by atoms with E-state index in [0.29, 0.717) is 56.0 Å². The van der Waals surface area contributed by atoms with Gasteiger partial charge in [-0.15, -0.1) is 0 Å². The van der Waals surface area contributed by atoms with E-state index >= 15 is 0 Å². The summed E-state index contributed by atoms with van der Waals surface area (Å²) in [4.78, 5) is 42.5. The van der Waals surface area contributed by atoms with E-state index in [1.54, 1.807) is 25.3 Å². The molecule has 0 aromatic heterocycles. The van der Waals surface area contributed by atoms with Gasteiger partial charge in [0.1, 0.15) is 17.1 Å². The molecule has 2 fully saturated rings. The number of rotatable bonds is 4. The van der Waals surface area contributed by atoms with Crippen molar-refractivity contribution in [3.63, 3.8) is 0 Å². The van der Waals surface area contributed by atoms with Crippen molar-refractivity contribution < 1.29 is 23.9 Å². The molecule has 2 aromatic carbocycles. The molecule has 0 aliphatic carbocycles. The van der Waals surface area contributed by atoms with Crippen LogP contribution in [0.1, 0.15) is 54.6 Å². The Bertz CT molecular complexity index is 1110.